The van der Waals surface area contributed by atoms with E-state index in [-0.39, 0.29) is 17.7 Å². The number of aryl methyl sites for hydroxylation is 2. The van der Waals surface area contributed by atoms with Crippen molar-refractivity contribution in [1.82, 2.24) is 14.9 Å². The number of aliphatic carboxylic acids is 1. The number of hydrogen-bond donors (Lipinski definition) is 4. The number of fused-ring (bicyclic) bond motifs is 6. The van der Waals surface area contributed by atoms with Gasteiger partial charge in [0, 0.05) is 43.0 Å². The van der Waals surface area contributed by atoms with Gasteiger partial charge in [0.05, 0.1) is 6.20 Å². The Morgan fingerprint density at radius 3 is 2.40 bits per heavy atom. The van der Waals surface area contributed by atoms with E-state index in [1.54, 1.807) is 18.0 Å². The minimum absolute atomic E-state index is 0.00256. The zero-order valence-corrected chi connectivity index (χ0v) is 23.2. The molecule has 2 amide bonds. The second-order valence-electron chi connectivity index (χ2n) is 9.78. The van der Waals surface area contributed by atoms with Crippen molar-refractivity contribution in [2.24, 2.45) is 5.92 Å². The number of aromatic nitrogens is 2. The summed E-state index contributed by atoms with van der Waals surface area (Å²) in [6.07, 6.45) is -0.620. The highest BCUT2D eigenvalue weighted by Crippen LogP contribution is 2.30. The Hall–Kier alpha value is -4.39. The highest BCUT2D eigenvalue weighted by Gasteiger charge is 2.38. The zero-order valence-electron chi connectivity index (χ0n) is 22.5. The normalized spacial score (nSPS) is 14.8. The molecule has 3 heterocycles. The molecule has 0 radical (unpaired) electrons. The van der Waals surface area contributed by atoms with Crippen LogP contribution in [0.2, 0.25) is 5.02 Å². The number of halogens is 4. The van der Waals surface area contributed by atoms with Crippen molar-refractivity contribution in [3.8, 4) is 0 Å². The number of nitrogens with one attached hydrogen (secondary N) is 3. The van der Waals surface area contributed by atoms with Crippen LogP contribution in [-0.2, 0) is 27.2 Å². The van der Waals surface area contributed by atoms with E-state index in [0.717, 1.165) is 41.0 Å². The van der Waals surface area contributed by atoms with E-state index in [2.05, 4.69) is 38.1 Å². The van der Waals surface area contributed by atoms with Gasteiger partial charge in [-0.2, -0.15) is 18.2 Å². The van der Waals surface area contributed by atoms with Crippen molar-refractivity contribution in [3.63, 3.8) is 0 Å². The van der Waals surface area contributed by atoms with Crippen molar-refractivity contribution >= 4 is 58.2 Å². The maximum Gasteiger partial charge on any atom is 0.490 e. The molecule has 0 unspecified atom stereocenters. The third-order valence-electron chi connectivity index (χ3n) is 6.79. The Morgan fingerprint density at radius 2 is 1.74 bits per heavy atom. The molecule has 4 N–H and O–H groups in total. The maximum absolute atomic E-state index is 13.1. The van der Waals surface area contributed by atoms with Crippen LogP contribution in [0.5, 0.6) is 0 Å². The smallest absolute Gasteiger partial charge is 0.475 e. The van der Waals surface area contributed by atoms with Crippen LogP contribution in [-0.4, -0.2) is 57.0 Å². The van der Waals surface area contributed by atoms with Crippen LogP contribution in [0.1, 0.15) is 30.9 Å². The molecule has 0 atom stereocenters. The lowest BCUT2D eigenvalue weighted by molar-refractivity contribution is -0.192. The molecule has 5 rings (SSSR count). The van der Waals surface area contributed by atoms with Gasteiger partial charge in [-0.1, -0.05) is 23.7 Å². The van der Waals surface area contributed by atoms with Crippen LogP contribution in [0.25, 0.3) is 0 Å². The second-order valence-corrected chi connectivity index (χ2v) is 10.2. The standard InChI is InChI=1S/C26H27ClN6O2.C2HF3O2/c1-16(34)33-11-9-18(10-12-33)25(35)31-23-8-7-21-14-19(23)6-5-17-3-2-4-20(13-17)30-26-28-15-22(27)24(29-21)32-26;3-2(4,5)1(6)7/h2-4,7-8,13-15,18H,5-6,9-12H2,1H3,(H,31,35)(H2,28,29,30,32);(H,6,7). The number of alkyl halides is 3. The summed E-state index contributed by atoms with van der Waals surface area (Å²) in [4.78, 5) is 44.2. The fourth-order valence-corrected chi connectivity index (χ4v) is 4.69. The monoisotopic (exact) mass is 604 g/mol. The summed E-state index contributed by atoms with van der Waals surface area (Å²) in [5.41, 5.74) is 4.70. The van der Waals surface area contributed by atoms with Crippen molar-refractivity contribution in [1.29, 1.82) is 0 Å². The van der Waals surface area contributed by atoms with Gasteiger partial charge in [0.2, 0.25) is 17.8 Å². The molecular weight excluding hydrogens is 577 g/mol. The number of carbonyl (C=O) groups is 3. The van der Waals surface area contributed by atoms with Gasteiger partial charge in [-0.15, -0.1) is 0 Å². The molecule has 2 aromatic carbocycles. The van der Waals surface area contributed by atoms with Crippen molar-refractivity contribution < 1.29 is 32.7 Å². The van der Waals surface area contributed by atoms with Crippen LogP contribution >= 0.6 is 11.6 Å². The van der Waals surface area contributed by atoms with Crippen LogP contribution in [0.15, 0.2) is 48.7 Å². The van der Waals surface area contributed by atoms with Gasteiger partial charge in [0.1, 0.15) is 5.02 Å². The first-order chi connectivity index (χ1) is 19.9. The molecule has 0 aliphatic carbocycles. The number of rotatable bonds is 2. The number of anilines is 5. The molecular formula is C28H28ClF3N6O4. The number of carbonyl (C=O) groups excluding carboxylic acids is 2. The number of carboxylic acids is 1. The minimum atomic E-state index is -5.08. The van der Waals surface area contributed by atoms with Gasteiger partial charge in [0.15, 0.2) is 5.82 Å². The average molecular weight is 605 g/mol. The lowest BCUT2D eigenvalue weighted by Gasteiger charge is -2.30. The Morgan fingerprint density at radius 1 is 1.05 bits per heavy atom. The number of likely N-dealkylation sites (tertiary alicyclic amines) is 1. The van der Waals surface area contributed by atoms with E-state index < -0.39 is 12.1 Å². The highest BCUT2D eigenvalue weighted by atomic mass is 35.5. The third kappa shape index (κ3) is 8.09. The molecule has 1 fully saturated rings. The largest absolute Gasteiger partial charge is 0.490 e. The lowest BCUT2D eigenvalue weighted by Crippen LogP contribution is -2.40. The number of benzene rings is 2. The first-order valence-electron chi connectivity index (χ1n) is 13.0. The van der Waals surface area contributed by atoms with Gasteiger partial charge in [-0.05, 0) is 67.1 Å². The second kappa shape index (κ2) is 13.1. The number of amides is 2. The summed E-state index contributed by atoms with van der Waals surface area (Å²) in [5, 5.41) is 17.2. The molecule has 42 heavy (non-hydrogen) atoms. The molecule has 0 saturated carbocycles. The van der Waals surface area contributed by atoms with E-state index in [9.17, 15) is 22.8 Å². The number of nitrogens with zero attached hydrogens (tertiary/aromatic N) is 3. The van der Waals surface area contributed by atoms with Gasteiger partial charge in [0.25, 0.3) is 0 Å². The predicted molar refractivity (Wildman–Crippen MR) is 151 cm³/mol. The lowest BCUT2D eigenvalue weighted by atomic mass is 9.95. The maximum atomic E-state index is 13.1. The van der Waals surface area contributed by atoms with Crippen molar-refractivity contribution in [2.75, 3.05) is 29.0 Å². The predicted octanol–water partition coefficient (Wildman–Crippen LogP) is 5.55. The molecule has 3 aromatic rings. The zero-order chi connectivity index (χ0) is 30.4. The van der Waals surface area contributed by atoms with Crippen LogP contribution in [0.3, 0.4) is 0 Å². The van der Waals surface area contributed by atoms with Gasteiger partial charge in [-0.25, -0.2) is 9.78 Å². The number of hydrogen-bond acceptors (Lipinski definition) is 7. The summed E-state index contributed by atoms with van der Waals surface area (Å²) >= 11 is 6.35. The molecule has 10 nitrogen and oxygen atoms in total. The van der Waals surface area contributed by atoms with Gasteiger partial charge < -0.3 is 26.0 Å². The highest BCUT2D eigenvalue weighted by molar-refractivity contribution is 6.32. The molecule has 14 heteroatoms. The summed E-state index contributed by atoms with van der Waals surface area (Å²) in [6.45, 7) is 2.81. The molecule has 2 aliphatic rings. The van der Waals surface area contributed by atoms with E-state index in [1.165, 1.54) is 0 Å². The van der Waals surface area contributed by atoms with Gasteiger partial charge in [-0.3, -0.25) is 9.59 Å². The quantitative estimate of drug-likeness (QED) is 0.299. The first-order valence-corrected chi connectivity index (χ1v) is 13.4. The number of piperidine rings is 1. The molecule has 6 bridgehead atoms. The van der Waals surface area contributed by atoms with E-state index in [0.29, 0.717) is 42.7 Å². The Kier molecular flexibility index (Phi) is 9.51. The van der Waals surface area contributed by atoms with E-state index in [1.807, 2.05) is 30.3 Å². The molecule has 1 aromatic heterocycles. The fourth-order valence-electron chi connectivity index (χ4n) is 4.56. The number of carboxylic acid groups (broad SMARTS) is 1. The van der Waals surface area contributed by atoms with E-state index >= 15 is 0 Å². The topological polar surface area (TPSA) is 137 Å². The summed E-state index contributed by atoms with van der Waals surface area (Å²) in [6, 6.07) is 14.0. The Bertz CT molecular complexity index is 1480. The van der Waals surface area contributed by atoms with Crippen LogP contribution in [0, 0.1) is 5.92 Å². The summed E-state index contributed by atoms with van der Waals surface area (Å²) in [7, 11) is 0. The van der Waals surface area contributed by atoms with E-state index in [4.69, 9.17) is 21.5 Å². The van der Waals surface area contributed by atoms with Gasteiger partial charge >= 0.3 is 12.1 Å². The Balaban J connectivity index is 0.000000517. The SMILES string of the molecule is CC(=O)N1CCC(C(=O)Nc2ccc3cc2CCc2cccc(c2)Nc2ncc(Cl)c(n2)N3)CC1.O=C(O)C(F)(F)F. The first kappa shape index (κ1) is 30.6. The van der Waals surface area contributed by atoms with Crippen LogP contribution < -0.4 is 16.0 Å². The molecule has 1 saturated heterocycles. The molecule has 2 aliphatic heterocycles. The molecule has 222 valence electrons. The molecule has 0 spiro atoms. The summed E-state index contributed by atoms with van der Waals surface area (Å²) < 4.78 is 31.7. The third-order valence-corrected chi connectivity index (χ3v) is 7.07. The van der Waals surface area contributed by atoms with Crippen LogP contribution in [0.4, 0.5) is 42.0 Å². The average Bonchev–Trinajstić information content (AvgIpc) is 2.95. The minimum Gasteiger partial charge on any atom is -0.475 e. The summed E-state index contributed by atoms with van der Waals surface area (Å²) in [5.74, 6) is -1.84. The van der Waals surface area contributed by atoms with Crippen molar-refractivity contribution in [3.05, 3.63) is 64.8 Å². The van der Waals surface area contributed by atoms with Crippen molar-refractivity contribution in [2.45, 2.75) is 38.8 Å². The fraction of sp³-hybridized carbons (Fsp3) is 0.321. The Labute approximate surface area is 244 Å².